The average Bonchev–Trinajstić information content (AvgIpc) is 4.12. The Hall–Kier alpha value is -5.84. The van der Waals surface area contributed by atoms with Crippen LogP contribution in [0.5, 0.6) is 0 Å². The number of benzene rings is 2. The van der Waals surface area contributed by atoms with Gasteiger partial charge < -0.3 is 19.7 Å². The van der Waals surface area contributed by atoms with Crippen molar-refractivity contribution in [2.24, 2.45) is 47.3 Å². The fourth-order valence-corrected chi connectivity index (χ4v) is 12.4. The first kappa shape index (κ1) is 67.0. The Morgan fingerprint density at radius 3 is 2.04 bits per heavy atom. The number of rotatable bonds is 37. The van der Waals surface area contributed by atoms with Crippen molar-refractivity contribution in [2.45, 2.75) is 182 Å². The maximum atomic E-state index is 14.5. The number of hydrogen-bond donors (Lipinski definition) is 3. The van der Waals surface area contributed by atoms with Crippen LogP contribution in [0.25, 0.3) is 6.08 Å². The molecular weight excluding hydrogens is 1040 g/mol. The van der Waals surface area contributed by atoms with Gasteiger partial charge in [-0.2, -0.15) is 0 Å². The van der Waals surface area contributed by atoms with Crippen molar-refractivity contribution in [2.75, 3.05) is 40.9 Å². The molecule has 0 spiro atoms. The molecule has 3 aliphatic rings. The van der Waals surface area contributed by atoms with Crippen LogP contribution < -0.4 is 16.2 Å². The second kappa shape index (κ2) is 34.1. The van der Waals surface area contributed by atoms with Crippen molar-refractivity contribution in [3.63, 3.8) is 0 Å². The van der Waals surface area contributed by atoms with Gasteiger partial charge in [0.25, 0.3) is 11.8 Å². The summed E-state index contributed by atoms with van der Waals surface area (Å²) in [6, 6.07) is 19.3. The third-order valence-corrected chi connectivity index (χ3v) is 17.5. The van der Waals surface area contributed by atoms with Crippen LogP contribution in [0, 0.1) is 47.3 Å². The molecule has 3 N–H and O–H groups in total. The number of Topliss-reactive ketones (excluding diaryl/α,β-unsaturated/α-hetero) is 2. The quantitative estimate of drug-likeness (QED) is 0.0331. The molecule has 2 aliphatic heterocycles. The molecule has 1 aliphatic carbocycles. The van der Waals surface area contributed by atoms with Gasteiger partial charge in [0, 0.05) is 70.6 Å². The van der Waals surface area contributed by atoms with Crippen LogP contribution >= 0.6 is 0 Å². The Morgan fingerprint density at radius 1 is 0.780 bits per heavy atom. The van der Waals surface area contributed by atoms with E-state index in [4.69, 9.17) is 9.47 Å². The second-order valence-electron chi connectivity index (χ2n) is 24.2. The summed E-state index contributed by atoms with van der Waals surface area (Å²) in [4.78, 5) is 110. The number of hydrogen-bond acceptors (Lipinski definition) is 11. The highest BCUT2D eigenvalue weighted by atomic mass is 16.5. The zero-order valence-corrected chi connectivity index (χ0v) is 50.9. The number of hydrazine groups is 1. The van der Waals surface area contributed by atoms with E-state index in [-0.39, 0.29) is 126 Å². The molecule has 11 atom stereocenters. The molecule has 0 aromatic heterocycles. The molecule has 2 heterocycles. The lowest BCUT2D eigenvalue weighted by Crippen LogP contribution is -2.54. The average molecular weight is 1140 g/mol. The Morgan fingerprint density at radius 2 is 1.43 bits per heavy atom. The number of nitrogens with zero attached hydrogens (tertiary/aromatic N) is 3. The van der Waals surface area contributed by atoms with Crippen LogP contribution in [0.4, 0.5) is 0 Å². The molecular formula is C66H98N6O10. The maximum absolute atomic E-state index is 14.5. The third kappa shape index (κ3) is 20.5. The smallest absolute Gasteiger partial charge is 0.253 e. The van der Waals surface area contributed by atoms with Crippen molar-refractivity contribution in [3.8, 4) is 0 Å². The van der Waals surface area contributed by atoms with E-state index in [1.165, 1.54) is 22.6 Å². The molecule has 1 saturated carbocycles. The summed E-state index contributed by atoms with van der Waals surface area (Å²) >= 11 is 0. The Kier molecular flexibility index (Phi) is 27.8. The van der Waals surface area contributed by atoms with Crippen molar-refractivity contribution in [1.82, 2.24) is 30.9 Å². The number of amides is 6. The first-order valence-electron chi connectivity index (χ1n) is 30.6. The number of likely N-dealkylation sites (N-methyl/N-ethyl adjacent to an activating group) is 1. The van der Waals surface area contributed by atoms with Gasteiger partial charge in [-0.1, -0.05) is 134 Å². The molecule has 16 nitrogen and oxygen atoms in total. The molecule has 1 saturated heterocycles. The number of carbonyl (C=O) groups excluding carboxylic acids is 8. The van der Waals surface area contributed by atoms with Crippen LogP contribution in [0.15, 0.2) is 78.9 Å². The second-order valence-corrected chi connectivity index (χ2v) is 24.2. The molecule has 2 aromatic rings. The first-order chi connectivity index (χ1) is 39.3. The first-order valence-corrected chi connectivity index (χ1v) is 30.6. The standard InChI is InChI=1S/C66H98N6O10/c1-11-46(6)52(56(81-9)43-61(78)71-39-22-29-54(71)65(82-10)47(7)55(73)30-21-28-50(40-49-26-17-13-18-27-49)34-33-48-24-15-12-16-25-48)41-51-42-53(51)64(79)62(44(2)3)67-66(80)63(45(4)5)70(8)37-23-32-58(75)69-68-57(74)31-19-14-20-38-72-59(76)35-36-60(72)77/h12-13,15-18,24-27,33-36,44-47,50-54,56,62-63,65H,11,14,19-23,28-32,37-43H2,1-10H3,(H,67,80)(H,68,74)(H,69,75). The Balaban J connectivity index is 1.09. The van der Waals surface area contributed by atoms with Crippen molar-refractivity contribution in [3.05, 3.63) is 90.0 Å². The minimum absolute atomic E-state index is 0.00589. The molecule has 11 unspecified atom stereocenters. The van der Waals surface area contributed by atoms with E-state index in [0.717, 1.165) is 50.5 Å². The zero-order chi connectivity index (χ0) is 59.9. The number of imide groups is 1. The highest BCUT2D eigenvalue weighted by Crippen LogP contribution is 2.48. The molecule has 2 aromatic carbocycles. The molecule has 2 fully saturated rings. The van der Waals surface area contributed by atoms with Crippen LogP contribution in [0.3, 0.4) is 0 Å². The fraction of sp³-hybridized carbons (Fsp3) is 0.636. The van der Waals surface area contributed by atoms with E-state index >= 15 is 0 Å². The van der Waals surface area contributed by atoms with Gasteiger partial charge in [-0.05, 0) is 124 Å². The molecule has 452 valence electrons. The van der Waals surface area contributed by atoms with Gasteiger partial charge in [-0.25, -0.2) is 0 Å². The summed E-state index contributed by atoms with van der Waals surface area (Å²) in [6.07, 6.45) is 15.7. The van der Waals surface area contributed by atoms with Crippen LogP contribution in [-0.2, 0) is 54.3 Å². The number of nitrogens with one attached hydrogen (secondary N) is 3. The van der Waals surface area contributed by atoms with Crippen LogP contribution in [0.1, 0.15) is 156 Å². The van der Waals surface area contributed by atoms with Gasteiger partial charge in [0.1, 0.15) is 5.78 Å². The molecule has 5 rings (SSSR count). The van der Waals surface area contributed by atoms with Gasteiger partial charge in [-0.3, -0.25) is 59.0 Å². The van der Waals surface area contributed by atoms with Gasteiger partial charge >= 0.3 is 0 Å². The topological polar surface area (TPSA) is 201 Å². The minimum atomic E-state index is -0.682. The fourth-order valence-electron chi connectivity index (χ4n) is 12.4. The van der Waals surface area contributed by atoms with E-state index in [2.05, 4.69) is 78.6 Å². The van der Waals surface area contributed by atoms with Crippen molar-refractivity contribution < 1.29 is 47.8 Å². The largest absolute Gasteiger partial charge is 0.381 e. The number of ether oxygens (including phenoxy) is 2. The molecule has 16 heteroatoms. The number of methoxy groups -OCH3 is 2. The van der Waals surface area contributed by atoms with E-state index < -0.39 is 18.2 Å². The van der Waals surface area contributed by atoms with Crippen LogP contribution in [0.2, 0.25) is 0 Å². The maximum Gasteiger partial charge on any atom is 0.253 e. The summed E-state index contributed by atoms with van der Waals surface area (Å²) in [5, 5.41) is 3.14. The van der Waals surface area contributed by atoms with Crippen LogP contribution in [-0.4, -0.2) is 133 Å². The summed E-state index contributed by atoms with van der Waals surface area (Å²) in [5.41, 5.74) is 7.33. The van der Waals surface area contributed by atoms with Gasteiger partial charge in [0.15, 0.2) is 5.78 Å². The number of ketones is 2. The lowest BCUT2D eigenvalue weighted by molar-refractivity contribution is -0.142. The summed E-state index contributed by atoms with van der Waals surface area (Å²) in [7, 11) is 5.16. The predicted octanol–water partition coefficient (Wildman–Crippen LogP) is 9.11. The van der Waals surface area contributed by atoms with Gasteiger partial charge in [-0.15, -0.1) is 0 Å². The number of likely N-dealkylation sites (tertiary alicyclic amines) is 1. The minimum Gasteiger partial charge on any atom is -0.381 e. The Labute approximate surface area is 489 Å². The molecule has 6 amide bonds. The highest BCUT2D eigenvalue weighted by molar-refractivity contribution is 6.12. The predicted molar refractivity (Wildman–Crippen MR) is 320 cm³/mol. The molecule has 0 radical (unpaired) electrons. The zero-order valence-electron chi connectivity index (χ0n) is 50.9. The van der Waals surface area contributed by atoms with E-state index in [1.54, 1.807) is 14.2 Å². The van der Waals surface area contributed by atoms with E-state index in [0.29, 0.717) is 58.2 Å². The molecule has 82 heavy (non-hydrogen) atoms. The monoisotopic (exact) mass is 1130 g/mol. The summed E-state index contributed by atoms with van der Waals surface area (Å²) in [5.74, 6) is -1.67. The lowest BCUT2D eigenvalue weighted by Gasteiger charge is -2.36. The number of allylic oxidation sites excluding steroid dienone is 1. The van der Waals surface area contributed by atoms with Crippen molar-refractivity contribution in [1.29, 1.82) is 0 Å². The summed E-state index contributed by atoms with van der Waals surface area (Å²) in [6.45, 7) is 15.4. The normalized spacial score (nSPS) is 20.0. The van der Waals surface area contributed by atoms with Gasteiger partial charge in [0.05, 0.1) is 36.8 Å². The van der Waals surface area contributed by atoms with E-state index in [9.17, 15) is 38.4 Å². The van der Waals surface area contributed by atoms with Crippen molar-refractivity contribution >= 4 is 53.1 Å². The SMILES string of the molecule is CCC(C)C(CC1CC1C(=O)C(NC(=O)C(C(C)C)N(C)CCCC(=O)NNC(=O)CCCCCN1C(=O)C=CC1=O)C(C)C)C(CC(=O)N1CCCC1C(OC)C(C)C(=O)CCCC(C=Cc1ccccc1)Cc1ccccc1)OC. The van der Waals surface area contributed by atoms with Gasteiger partial charge in [0.2, 0.25) is 23.6 Å². The Bertz CT molecular complexity index is 2430. The third-order valence-electron chi connectivity index (χ3n) is 17.5. The summed E-state index contributed by atoms with van der Waals surface area (Å²) < 4.78 is 12.3. The number of unbranched alkanes of at least 4 members (excludes halogenated alkanes) is 2. The molecule has 0 bridgehead atoms. The lowest BCUT2D eigenvalue weighted by atomic mass is 9.80. The highest BCUT2D eigenvalue weighted by Gasteiger charge is 2.49. The number of carbonyl (C=O) groups is 8. The van der Waals surface area contributed by atoms with E-state index in [1.807, 2.05) is 75.7 Å².